The topological polar surface area (TPSA) is 24.4 Å². The molecule has 0 spiro atoms. The van der Waals surface area contributed by atoms with Crippen molar-refractivity contribution in [2.24, 2.45) is 4.99 Å². The van der Waals surface area contributed by atoms with Crippen LogP contribution in [-0.2, 0) is 0 Å². The van der Waals surface area contributed by atoms with Crippen molar-refractivity contribution < 1.29 is 0 Å². The zero-order valence-electron chi connectivity index (χ0n) is 12.1. The van der Waals surface area contributed by atoms with E-state index in [4.69, 9.17) is 0 Å². The smallest absolute Gasteiger partial charge is 0.128 e. The van der Waals surface area contributed by atoms with Gasteiger partial charge < -0.3 is 5.32 Å². The Balaban J connectivity index is 0.00000144. The lowest BCUT2D eigenvalue weighted by molar-refractivity contribution is 0.960. The number of amidine groups is 1. The summed E-state index contributed by atoms with van der Waals surface area (Å²) in [5.74, 6) is 1.01. The van der Waals surface area contributed by atoms with Crippen LogP contribution in [0.4, 0.5) is 0 Å². The standard InChI is InChI=1S/C19H16N2.HI/c1-2-4-17-13-18(10-7-14(17)3-1)15-5-8-16(9-6-15)19-20-11-12-21-19;/h1-10,13H,11-12H2,(H,20,21);1H. The van der Waals surface area contributed by atoms with Crippen molar-refractivity contribution in [3.05, 3.63) is 72.3 Å². The number of halogens is 1. The molecule has 0 saturated heterocycles. The van der Waals surface area contributed by atoms with Gasteiger partial charge in [0.1, 0.15) is 5.84 Å². The van der Waals surface area contributed by atoms with Gasteiger partial charge in [0.05, 0.1) is 6.54 Å². The van der Waals surface area contributed by atoms with E-state index >= 15 is 0 Å². The van der Waals surface area contributed by atoms with Crippen molar-refractivity contribution in [2.45, 2.75) is 0 Å². The third-order valence-electron chi connectivity index (χ3n) is 3.92. The molecule has 3 aromatic rings. The zero-order valence-corrected chi connectivity index (χ0v) is 14.5. The fourth-order valence-corrected chi connectivity index (χ4v) is 2.78. The van der Waals surface area contributed by atoms with E-state index in [0.717, 1.165) is 24.5 Å². The first-order valence-electron chi connectivity index (χ1n) is 7.28. The molecule has 0 bridgehead atoms. The number of benzene rings is 3. The highest BCUT2D eigenvalue weighted by molar-refractivity contribution is 14.0. The average molecular weight is 400 g/mol. The van der Waals surface area contributed by atoms with Crippen LogP contribution in [0.3, 0.4) is 0 Å². The highest BCUT2D eigenvalue weighted by Gasteiger charge is 2.07. The molecule has 0 aromatic heterocycles. The highest BCUT2D eigenvalue weighted by Crippen LogP contribution is 2.24. The average Bonchev–Trinajstić information content (AvgIpc) is 3.09. The molecule has 1 aliphatic heterocycles. The summed E-state index contributed by atoms with van der Waals surface area (Å²) >= 11 is 0. The Morgan fingerprint density at radius 2 is 1.41 bits per heavy atom. The lowest BCUT2D eigenvalue weighted by atomic mass is 10.00. The number of fused-ring (bicyclic) bond motifs is 1. The van der Waals surface area contributed by atoms with E-state index in [1.807, 2.05) is 0 Å². The van der Waals surface area contributed by atoms with E-state index in [-0.39, 0.29) is 24.0 Å². The van der Waals surface area contributed by atoms with Crippen LogP contribution in [0.1, 0.15) is 5.56 Å². The van der Waals surface area contributed by atoms with Crippen LogP contribution < -0.4 is 5.32 Å². The molecular formula is C19H17IN2. The van der Waals surface area contributed by atoms with Crippen LogP contribution in [0.15, 0.2) is 71.7 Å². The first-order valence-corrected chi connectivity index (χ1v) is 7.28. The molecular weight excluding hydrogens is 383 g/mol. The largest absolute Gasteiger partial charge is 0.368 e. The molecule has 0 fully saturated rings. The Kier molecular flexibility index (Phi) is 4.43. The molecule has 0 unspecified atom stereocenters. The predicted molar refractivity (Wildman–Crippen MR) is 104 cm³/mol. The van der Waals surface area contributed by atoms with E-state index in [9.17, 15) is 0 Å². The summed E-state index contributed by atoms with van der Waals surface area (Å²) in [4.78, 5) is 4.45. The minimum Gasteiger partial charge on any atom is -0.368 e. The summed E-state index contributed by atoms with van der Waals surface area (Å²) in [5.41, 5.74) is 3.65. The molecule has 3 heteroatoms. The summed E-state index contributed by atoms with van der Waals surface area (Å²) in [5, 5.41) is 5.86. The van der Waals surface area contributed by atoms with Crippen LogP contribution in [0.2, 0.25) is 0 Å². The molecule has 3 aromatic carbocycles. The van der Waals surface area contributed by atoms with E-state index in [0.29, 0.717) is 0 Å². The van der Waals surface area contributed by atoms with Crippen molar-refractivity contribution in [2.75, 3.05) is 13.1 Å². The lowest BCUT2D eigenvalue weighted by Crippen LogP contribution is -2.19. The van der Waals surface area contributed by atoms with Crippen LogP contribution >= 0.6 is 24.0 Å². The molecule has 4 rings (SSSR count). The second-order valence-electron chi connectivity index (χ2n) is 5.30. The Bertz CT molecular complexity index is 822. The molecule has 0 aliphatic carbocycles. The zero-order chi connectivity index (χ0) is 14.1. The predicted octanol–water partition coefficient (Wildman–Crippen LogP) is 4.47. The number of hydrogen-bond donors (Lipinski definition) is 1. The van der Waals surface area contributed by atoms with E-state index in [1.54, 1.807) is 0 Å². The molecule has 0 saturated carbocycles. The quantitative estimate of drug-likeness (QED) is 0.631. The highest BCUT2D eigenvalue weighted by atomic mass is 127. The van der Waals surface area contributed by atoms with E-state index in [2.05, 4.69) is 77.0 Å². The van der Waals surface area contributed by atoms with Gasteiger partial charge in [-0.05, 0) is 28.0 Å². The van der Waals surface area contributed by atoms with Crippen molar-refractivity contribution in [1.29, 1.82) is 0 Å². The van der Waals surface area contributed by atoms with Crippen molar-refractivity contribution in [3.8, 4) is 11.1 Å². The molecule has 1 aliphatic rings. The third kappa shape index (κ3) is 2.86. The Morgan fingerprint density at radius 3 is 2.14 bits per heavy atom. The summed E-state index contributed by atoms with van der Waals surface area (Å²) in [7, 11) is 0. The molecule has 110 valence electrons. The minimum absolute atomic E-state index is 0. The van der Waals surface area contributed by atoms with Crippen molar-refractivity contribution >= 4 is 40.6 Å². The molecule has 2 nitrogen and oxygen atoms in total. The Labute approximate surface area is 147 Å². The van der Waals surface area contributed by atoms with Gasteiger partial charge in [0.25, 0.3) is 0 Å². The fourth-order valence-electron chi connectivity index (χ4n) is 2.78. The number of aliphatic imine (C=N–C) groups is 1. The maximum Gasteiger partial charge on any atom is 0.128 e. The second kappa shape index (κ2) is 6.48. The monoisotopic (exact) mass is 400 g/mol. The molecule has 22 heavy (non-hydrogen) atoms. The fraction of sp³-hybridized carbons (Fsp3) is 0.105. The summed E-state index contributed by atoms with van der Waals surface area (Å²) < 4.78 is 0. The molecule has 1 N–H and O–H groups in total. The third-order valence-corrected chi connectivity index (χ3v) is 3.92. The van der Waals surface area contributed by atoms with Gasteiger partial charge in [0.2, 0.25) is 0 Å². The number of rotatable bonds is 2. The van der Waals surface area contributed by atoms with Gasteiger partial charge in [-0.3, -0.25) is 4.99 Å². The van der Waals surface area contributed by atoms with Crippen LogP contribution in [-0.4, -0.2) is 18.9 Å². The van der Waals surface area contributed by atoms with Crippen molar-refractivity contribution in [1.82, 2.24) is 5.32 Å². The minimum atomic E-state index is 0. The van der Waals surface area contributed by atoms with Gasteiger partial charge in [-0.1, -0.05) is 60.7 Å². The Morgan fingerprint density at radius 1 is 0.727 bits per heavy atom. The number of hydrogen-bond acceptors (Lipinski definition) is 2. The van der Waals surface area contributed by atoms with Gasteiger partial charge in [0, 0.05) is 12.1 Å². The lowest BCUT2D eigenvalue weighted by Gasteiger charge is -2.06. The molecule has 0 radical (unpaired) electrons. The first kappa shape index (κ1) is 15.0. The maximum atomic E-state index is 4.45. The van der Waals surface area contributed by atoms with Gasteiger partial charge in [-0.25, -0.2) is 0 Å². The van der Waals surface area contributed by atoms with Crippen LogP contribution in [0, 0.1) is 0 Å². The second-order valence-corrected chi connectivity index (χ2v) is 5.30. The van der Waals surface area contributed by atoms with Gasteiger partial charge >= 0.3 is 0 Å². The van der Waals surface area contributed by atoms with Gasteiger partial charge in [-0.2, -0.15) is 0 Å². The van der Waals surface area contributed by atoms with Crippen molar-refractivity contribution in [3.63, 3.8) is 0 Å². The van der Waals surface area contributed by atoms with Crippen LogP contribution in [0.5, 0.6) is 0 Å². The maximum absolute atomic E-state index is 4.45. The van der Waals surface area contributed by atoms with Gasteiger partial charge in [-0.15, -0.1) is 24.0 Å². The SMILES string of the molecule is I.c1ccc2cc(-c3ccc(C4=NCCN4)cc3)ccc2c1. The number of nitrogens with one attached hydrogen (secondary N) is 1. The van der Waals surface area contributed by atoms with E-state index < -0.39 is 0 Å². The van der Waals surface area contributed by atoms with E-state index in [1.165, 1.54) is 21.9 Å². The molecule has 0 amide bonds. The summed E-state index contributed by atoms with van der Waals surface area (Å²) in [6.07, 6.45) is 0. The summed E-state index contributed by atoms with van der Waals surface area (Å²) in [6, 6.07) is 23.7. The number of nitrogens with zero attached hydrogens (tertiary/aromatic N) is 1. The van der Waals surface area contributed by atoms with Crippen LogP contribution in [0.25, 0.3) is 21.9 Å². The molecule has 1 heterocycles. The first-order chi connectivity index (χ1) is 10.4. The summed E-state index contributed by atoms with van der Waals surface area (Å²) in [6.45, 7) is 1.82. The normalized spacial score (nSPS) is 13.4. The Hall–Kier alpha value is -1.88. The molecule has 0 atom stereocenters. The van der Waals surface area contributed by atoms with Gasteiger partial charge in [0.15, 0.2) is 0 Å².